The first-order valence-corrected chi connectivity index (χ1v) is 12.2. The number of unbranched alkanes of at least 4 members (excludes halogenated alkanes) is 2. The van der Waals surface area contributed by atoms with Gasteiger partial charge < -0.3 is 10.2 Å². The van der Waals surface area contributed by atoms with E-state index in [-0.39, 0.29) is 22.1 Å². The zero-order valence-electron chi connectivity index (χ0n) is 18.7. The predicted molar refractivity (Wildman–Crippen MR) is 118 cm³/mol. The lowest BCUT2D eigenvalue weighted by atomic mass is 9.84. The molecule has 1 unspecified atom stereocenters. The predicted octanol–water partition coefficient (Wildman–Crippen LogP) is 4.90. The van der Waals surface area contributed by atoms with Gasteiger partial charge in [-0.2, -0.15) is 0 Å². The van der Waals surface area contributed by atoms with Crippen LogP contribution in [-0.2, 0) is 21.2 Å². The Morgan fingerprint density at radius 1 is 1.23 bits per heavy atom. The summed E-state index contributed by atoms with van der Waals surface area (Å²) in [7, 11) is -4.31. The third-order valence-electron chi connectivity index (χ3n) is 5.52. The average molecular weight is 438 g/mol. The van der Waals surface area contributed by atoms with Crippen molar-refractivity contribution in [1.29, 1.82) is 0 Å². The molecule has 1 aromatic carbocycles. The van der Waals surface area contributed by atoms with Gasteiger partial charge in [0.15, 0.2) is 0 Å². The number of hydrogen-bond donors (Lipinski definition) is 3. The van der Waals surface area contributed by atoms with Gasteiger partial charge in [0.2, 0.25) is 5.91 Å². The lowest BCUT2D eigenvalue weighted by Gasteiger charge is -2.25. The molecule has 30 heavy (non-hydrogen) atoms. The van der Waals surface area contributed by atoms with Gasteiger partial charge in [-0.15, -0.1) is 0 Å². The number of phenols is 2. The molecule has 0 radical (unpaired) electrons. The highest BCUT2D eigenvalue weighted by Gasteiger charge is 2.34. The van der Waals surface area contributed by atoms with E-state index in [1.165, 1.54) is 6.07 Å². The number of carbonyl (C=O) groups is 1. The molecule has 1 aliphatic rings. The van der Waals surface area contributed by atoms with E-state index in [4.69, 9.17) is 0 Å². The highest BCUT2D eigenvalue weighted by molar-refractivity contribution is 7.90. The molecule has 0 aromatic heterocycles. The van der Waals surface area contributed by atoms with Gasteiger partial charge >= 0.3 is 0 Å². The summed E-state index contributed by atoms with van der Waals surface area (Å²) in [4.78, 5) is 12.1. The number of allylic oxidation sites excluding steroid dienone is 2. The van der Waals surface area contributed by atoms with Crippen molar-refractivity contribution in [3.63, 3.8) is 0 Å². The van der Waals surface area contributed by atoms with E-state index in [2.05, 4.69) is 4.72 Å². The van der Waals surface area contributed by atoms with Crippen LogP contribution < -0.4 is 4.72 Å². The smallest absolute Gasteiger partial charge is 0.268 e. The number of phenolic OH excluding ortho intramolecular Hbond substituents is 2. The molecule has 1 amide bonds. The van der Waals surface area contributed by atoms with Crippen LogP contribution >= 0.6 is 0 Å². The summed E-state index contributed by atoms with van der Waals surface area (Å²) in [5.74, 6) is -1.47. The summed E-state index contributed by atoms with van der Waals surface area (Å²) in [5.41, 5.74) is 0.779. The van der Waals surface area contributed by atoms with Crippen LogP contribution in [0, 0.1) is 5.41 Å². The van der Waals surface area contributed by atoms with Crippen LogP contribution in [0.25, 0.3) is 0 Å². The first-order valence-electron chi connectivity index (χ1n) is 10.7. The van der Waals surface area contributed by atoms with Crippen molar-refractivity contribution in [1.82, 2.24) is 4.72 Å². The van der Waals surface area contributed by atoms with Crippen molar-refractivity contribution in [2.24, 2.45) is 5.41 Å². The van der Waals surface area contributed by atoms with Crippen LogP contribution in [0.2, 0.25) is 0 Å². The number of amides is 1. The van der Waals surface area contributed by atoms with Crippen LogP contribution in [0.5, 0.6) is 11.5 Å². The fourth-order valence-electron chi connectivity index (χ4n) is 3.79. The number of hydrogen-bond acceptors (Lipinski definition) is 5. The fraction of sp³-hybridized carbons (Fsp3) is 0.609. The Hall–Kier alpha value is -2.02. The molecule has 0 spiro atoms. The number of sulfonamides is 1. The summed E-state index contributed by atoms with van der Waals surface area (Å²) in [6, 6.07) is 1.44. The number of aryl methyl sites for hydroxylation is 1. The van der Waals surface area contributed by atoms with Crippen molar-refractivity contribution < 1.29 is 23.4 Å². The molecule has 0 heterocycles. The summed E-state index contributed by atoms with van der Waals surface area (Å²) in [6.45, 7) is 8.89. The van der Waals surface area contributed by atoms with Crippen LogP contribution in [0.3, 0.4) is 0 Å². The lowest BCUT2D eigenvalue weighted by molar-refractivity contribution is -0.126. The zero-order chi connectivity index (χ0) is 22.7. The molecular formula is C23H35NO5S. The maximum atomic E-state index is 13.2. The van der Waals surface area contributed by atoms with Gasteiger partial charge in [-0.1, -0.05) is 52.2 Å². The summed E-state index contributed by atoms with van der Waals surface area (Å²) < 4.78 is 28.5. The number of nitrogens with one attached hydrogen (secondary N) is 1. The van der Waals surface area contributed by atoms with Gasteiger partial charge in [0.25, 0.3) is 10.0 Å². The zero-order valence-corrected chi connectivity index (χ0v) is 19.5. The minimum atomic E-state index is -4.31. The molecule has 0 saturated heterocycles. The van der Waals surface area contributed by atoms with Crippen LogP contribution in [-0.4, -0.2) is 24.5 Å². The molecule has 1 atom stereocenters. The SMILES string of the molecule is CCCCCc1cc(O)c(C2C=C(C)CCC2)c(O)c1S(=O)(=O)NC(=O)C(C)(C)C. The molecule has 0 saturated carbocycles. The number of rotatable bonds is 7. The van der Waals surface area contributed by atoms with Crippen molar-refractivity contribution >= 4 is 15.9 Å². The molecule has 0 bridgehead atoms. The Bertz CT molecular complexity index is 926. The summed E-state index contributed by atoms with van der Waals surface area (Å²) in [6.07, 6.45) is 7.46. The maximum Gasteiger partial charge on any atom is 0.268 e. The molecule has 1 aromatic rings. The number of aromatic hydroxyl groups is 2. The van der Waals surface area contributed by atoms with Gasteiger partial charge in [0.05, 0.1) is 0 Å². The normalized spacial score (nSPS) is 17.5. The second-order valence-electron chi connectivity index (χ2n) is 9.30. The molecule has 0 fully saturated rings. The van der Waals surface area contributed by atoms with Crippen molar-refractivity contribution in [2.45, 2.75) is 90.4 Å². The largest absolute Gasteiger partial charge is 0.507 e. The third-order valence-corrected chi connectivity index (χ3v) is 6.97. The summed E-state index contributed by atoms with van der Waals surface area (Å²) >= 11 is 0. The van der Waals surface area contributed by atoms with Crippen molar-refractivity contribution in [2.75, 3.05) is 0 Å². The molecule has 6 nitrogen and oxygen atoms in total. The van der Waals surface area contributed by atoms with Gasteiger partial charge in [-0.25, -0.2) is 13.1 Å². The Labute approximate surface area is 180 Å². The van der Waals surface area contributed by atoms with Gasteiger partial charge in [0.1, 0.15) is 16.4 Å². The topological polar surface area (TPSA) is 104 Å². The van der Waals surface area contributed by atoms with E-state index in [0.717, 1.165) is 31.3 Å². The van der Waals surface area contributed by atoms with E-state index in [0.29, 0.717) is 24.8 Å². The standard InChI is InChI=1S/C23H35NO5S/c1-6-7-8-11-17-14-18(25)19(16-12-9-10-15(2)13-16)20(26)21(17)30(28,29)24-22(27)23(3,4)5/h13-14,16,25-26H,6-12H2,1-5H3,(H,24,27). The minimum Gasteiger partial charge on any atom is -0.507 e. The molecule has 2 rings (SSSR count). The average Bonchev–Trinajstić information content (AvgIpc) is 2.60. The second-order valence-corrected chi connectivity index (χ2v) is 10.9. The molecular weight excluding hydrogens is 402 g/mol. The quantitative estimate of drug-likeness (QED) is 0.416. The number of benzene rings is 1. The molecule has 1 aliphatic carbocycles. The number of carbonyl (C=O) groups excluding carboxylic acids is 1. The van der Waals surface area contributed by atoms with E-state index < -0.39 is 27.1 Å². The Morgan fingerprint density at radius 2 is 1.90 bits per heavy atom. The monoisotopic (exact) mass is 437 g/mol. The third kappa shape index (κ3) is 5.56. The lowest BCUT2D eigenvalue weighted by Crippen LogP contribution is -2.39. The molecule has 3 N–H and O–H groups in total. The van der Waals surface area contributed by atoms with Gasteiger partial charge in [-0.3, -0.25) is 4.79 Å². The Morgan fingerprint density at radius 3 is 2.47 bits per heavy atom. The van der Waals surface area contributed by atoms with E-state index in [1.54, 1.807) is 20.8 Å². The Kier molecular flexibility index (Phi) is 7.61. The molecule has 168 valence electrons. The second kappa shape index (κ2) is 9.41. The van der Waals surface area contributed by atoms with Crippen LogP contribution in [0.15, 0.2) is 22.6 Å². The maximum absolute atomic E-state index is 13.2. The highest BCUT2D eigenvalue weighted by Crippen LogP contribution is 2.45. The molecule has 7 heteroatoms. The minimum absolute atomic E-state index is 0.101. The van der Waals surface area contributed by atoms with Gasteiger partial charge in [-0.05, 0) is 50.7 Å². The van der Waals surface area contributed by atoms with Gasteiger partial charge in [0, 0.05) is 16.9 Å². The van der Waals surface area contributed by atoms with Crippen LogP contribution in [0.1, 0.15) is 90.2 Å². The Balaban J connectivity index is 2.63. The van der Waals surface area contributed by atoms with E-state index in [1.807, 2.05) is 19.9 Å². The first-order chi connectivity index (χ1) is 13.9. The van der Waals surface area contributed by atoms with Crippen molar-refractivity contribution in [3.05, 3.63) is 28.8 Å². The van der Waals surface area contributed by atoms with E-state index >= 15 is 0 Å². The van der Waals surface area contributed by atoms with E-state index in [9.17, 15) is 23.4 Å². The fourth-order valence-corrected chi connectivity index (χ4v) is 5.31. The first kappa shape index (κ1) is 24.3. The van der Waals surface area contributed by atoms with Crippen LogP contribution in [0.4, 0.5) is 0 Å². The summed E-state index contributed by atoms with van der Waals surface area (Å²) in [5, 5.41) is 21.8. The molecule has 0 aliphatic heterocycles. The van der Waals surface area contributed by atoms with Crippen molar-refractivity contribution in [3.8, 4) is 11.5 Å². The highest BCUT2D eigenvalue weighted by atomic mass is 32.2.